The highest BCUT2D eigenvalue weighted by molar-refractivity contribution is 5.17. The minimum absolute atomic E-state index is 0.192. The van der Waals surface area contributed by atoms with Gasteiger partial charge in [0.25, 0.3) is 0 Å². The van der Waals surface area contributed by atoms with Crippen LogP contribution in [0.15, 0.2) is 16.5 Å². The molecule has 0 aliphatic carbocycles. The fourth-order valence-electron chi connectivity index (χ4n) is 1.81. The van der Waals surface area contributed by atoms with Gasteiger partial charge in [-0.05, 0) is 19.4 Å². The van der Waals surface area contributed by atoms with Crippen molar-refractivity contribution in [1.82, 2.24) is 5.32 Å². The Bertz CT molecular complexity index is 363. The first-order chi connectivity index (χ1) is 8.63. The third-order valence-electron chi connectivity index (χ3n) is 2.94. The van der Waals surface area contributed by atoms with Gasteiger partial charge in [0.05, 0.1) is 12.6 Å². The molecule has 18 heavy (non-hydrogen) atoms. The van der Waals surface area contributed by atoms with Crippen LogP contribution in [-0.4, -0.2) is 11.0 Å². The van der Waals surface area contributed by atoms with Crippen molar-refractivity contribution in [3.05, 3.63) is 28.0 Å². The predicted octanol–water partition coefficient (Wildman–Crippen LogP) is 3.64. The van der Waals surface area contributed by atoms with Gasteiger partial charge in [-0.1, -0.05) is 32.6 Å². The molecule has 0 saturated heterocycles. The summed E-state index contributed by atoms with van der Waals surface area (Å²) in [5, 5.41) is 13.8. The summed E-state index contributed by atoms with van der Waals surface area (Å²) in [5.41, 5.74) is 0. The molecule has 1 rings (SSSR count). The average molecular weight is 254 g/mol. The third-order valence-corrected chi connectivity index (χ3v) is 2.94. The van der Waals surface area contributed by atoms with E-state index in [1.807, 2.05) is 0 Å². The van der Waals surface area contributed by atoms with Gasteiger partial charge in [0.2, 0.25) is 0 Å². The summed E-state index contributed by atoms with van der Waals surface area (Å²) >= 11 is 0. The Morgan fingerprint density at radius 2 is 2.17 bits per heavy atom. The maximum absolute atomic E-state index is 10.4. The highest BCUT2D eigenvalue weighted by atomic mass is 16.6. The largest absolute Gasteiger partial charge is 0.433 e. The summed E-state index contributed by atoms with van der Waals surface area (Å²) in [4.78, 5) is 9.93. The summed E-state index contributed by atoms with van der Waals surface area (Å²) in [6.07, 6.45) is 6.16. The molecule has 1 heterocycles. The second-order valence-corrected chi connectivity index (χ2v) is 4.63. The lowest BCUT2D eigenvalue weighted by Gasteiger charge is -2.12. The normalized spacial score (nSPS) is 12.6. The number of unbranched alkanes of at least 4 members (excludes halogenated alkanes) is 3. The lowest BCUT2D eigenvalue weighted by atomic mass is 10.1. The molecule has 0 radical (unpaired) electrons. The van der Waals surface area contributed by atoms with Crippen molar-refractivity contribution < 1.29 is 9.34 Å². The highest BCUT2D eigenvalue weighted by Gasteiger charge is 2.12. The van der Waals surface area contributed by atoms with E-state index in [1.54, 1.807) is 6.07 Å². The van der Waals surface area contributed by atoms with Crippen LogP contribution < -0.4 is 5.32 Å². The van der Waals surface area contributed by atoms with Gasteiger partial charge in [-0.15, -0.1) is 0 Å². The lowest BCUT2D eigenvalue weighted by Crippen LogP contribution is -2.25. The number of hydrogen-bond acceptors (Lipinski definition) is 4. The Balaban J connectivity index is 2.20. The van der Waals surface area contributed by atoms with E-state index in [9.17, 15) is 10.1 Å². The maximum Gasteiger partial charge on any atom is 0.433 e. The molecule has 0 aromatic carbocycles. The molecule has 5 heteroatoms. The van der Waals surface area contributed by atoms with E-state index < -0.39 is 4.92 Å². The van der Waals surface area contributed by atoms with Gasteiger partial charge < -0.3 is 9.73 Å². The molecule has 1 N–H and O–H groups in total. The van der Waals surface area contributed by atoms with Gasteiger partial charge in [-0.3, -0.25) is 10.1 Å². The smallest absolute Gasteiger partial charge is 0.404 e. The van der Waals surface area contributed by atoms with Crippen LogP contribution >= 0.6 is 0 Å². The van der Waals surface area contributed by atoms with Gasteiger partial charge in [0, 0.05) is 6.04 Å². The fourth-order valence-corrected chi connectivity index (χ4v) is 1.81. The Morgan fingerprint density at radius 1 is 1.39 bits per heavy atom. The minimum atomic E-state index is -0.516. The first kappa shape index (κ1) is 14.7. The van der Waals surface area contributed by atoms with E-state index in [1.165, 1.54) is 31.7 Å². The molecule has 0 aliphatic rings. The van der Waals surface area contributed by atoms with Gasteiger partial charge in [-0.2, -0.15) is 0 Å². The fraction of sp³-hybridized carbons (Fsp3) is 0.692. The summed E-state index contributed by atoms with van der Waals surface area (Å²) in [7, 11) is 0. The van der Waals surface area contributed by atoms with Crippen LogP contribution in [0, 0.1) is 10.1 Å². The number of hydrogen-bond donors (Lipinski definition) is 1. The molecule has 0 aliphatic heterocycles. The molecular weight excluding hydrogens is 232 g/mol. The van der Waals surface area contributed by atoms with Gasteiger partial charge in [0.1, 0.15) is 10.7 Å². The van der Waals surface area contributed by atoms with Crippen molar-refractivity contribution in [2.24, 2.45) is 0 Å². The van der Waals surface area contributed by atoms with Crippen molar-refractivity contribution in [3.63, 3.8) is 0 Å². The third kappa shape index (κ3) is 5.31. The summed E-state index contributed by atoms with van der Waals surface area (Å²) < 4.78 is 5.08. The zero-order valence-electron chi connectivity index (χ0n) is 11.1. The quantitative estimate of drug-likeness (QED) is 0.415. The molecule has 0 amide bonds. The van der Waals surface area contributed by atoms with Crippen LogP contribution in [0.3, 0.4) is 0 Å². The van der Waals surface area contributed by atoms with Crippen LogP contribution in [0.25, 0.3) is 0 Å². The average Bonchev–Trinajstić information content (AvgIpc) is 2.81. The minimum Gasteiger partial charge on any atom is -0.404 e. The van der Waals surface area contributed by atoms with E-state index in [4.69, 9.17) is 4.42 Å². The van der Waals surface area contributed by atoms with Crippen molar-refractivity contribution >= 4 is 5.88 Å². The first-order valence-corrected chi connectivity index (χ1v) is 6.60. The molecule has 102 valence electrons. The van der Waals surface area contributed by atoms with Crippen molar-refractivity contribution in [3.8, 4) is 0 Å². The molecule has 1 aromatic rings. The van der Waals surface area contributed by atoms with Crippen LogP contribution in [-0.2, 0) is 6.54 Å². The van der Waals surface area contributed by atoms with Crippen LogP contribution in [0.4, 0.5) is 5.88 Å². The topological polar surface area (TPSA) is 68.3 Å². The molecule has 1 unspecified atom stereocenters. The summed E-state index contributed by atoms with van der Waals surface area (Å²) in [6, 6.07) is 3.45. The first-order valence-electron chi connectivity index (χ1n) is 6.60. The summed E-state index contributed by atoms with van der Waals surface area (Å²) in [6.45, 7) is 4.87. The highest BCUT2D eigenvalue weighted by Crippen LogP contribution is 2.15. The van der Waals surface area contributed by atoms with E-state index in [0.717, 1.165) is 6.42 Å². The van der Waals surface area contributed by atoms with Crippen LogP contribution in [0.5, 0.6) is 0 Å². The molecule has 1 atom stereocenters. The molecule has 1 aromatic heterocycles. The Hall–Kier alpha value is -1.36. The zero-order valence-corrected chi connectivity index (χ0v) is 11.1. The molecule has 0 fully saturated rings. The van der Waals surface area contributed by atoms with Crippen LogP contribution in [0.2, 0.25) is 0 Å². The van der Waals surface area contributed by atoms with Crippen molar-refractivity contribution in [2.45, 2.75) is 58.5 Å². The van der Waals surface area contributed by atoms with E-state index in [0.29, 0.717) is 18.3 Å². The number of nitro groups is 1. The van der Waals surface area contributed by atoms with Gasteiger partial charge >= 0.3 is 5.88 Å². The Labute approximate surface area is 108 Å². The molecule has 0 saturated carbocycles. The predicted molar refractivity (Wildman–Crippen MR) is 70.4 cm³/mol. The van der Waals surface area contributed by atoms with Gasteiger partial charge in [0.15, 0.2) is 0 Å². The molecule has 0 spiro atoms. The standard InChI is InChI=1S/C13H22N2O3/c1-3-4-5-6-7-11(2)14-10-12-8-9-13(18-12)15(16)17/h8-9,11,14H,3-7,10H2,1-2H3. The second-order valence-electron chi connectivity index (χ2n) is 4.63. The van der Waals surface area contributed by atoms with E-state index in [-0.39, 0.29) is 5.88 Å². The van der Waals surface area contributed by atoms with Gasteiger partial charge in [-0.25, -0.2) is 0 Å². The van der Waals surface area contributed by atoms with E-state index in [2.05, 4.69) is 19.2 Å². The second kappa shape index (κ2) is 7.87. The SMILES string of the molecule is CCCCCCC(C)NCc1ccc([N+](=O)[O-])o1. The zero-order chi connectivity index (χ0) is 13.4. The number of rotatable bonds is 9. The maximum atomic E-state index is 10.4. The van der Waals surface area contributed by atoms with Crippen LogP contribution in [0.1, 0.15) is 51.7 Å². The number of furan rings is 1. The molecule has 0 bridgehead atoms. The number of nitrogens with zero attached hydrogens (tertiary/aromatic N) is 1. The summed E-state index contributed by atoms with van der Waals surface area (Å²) in [5.74, 6) is 0.421. The Kier molecular flexibility index (Phi) is 6.43. The molecular formula is C13H22N2O3. The van der Waals surface area contributed by atoms with Crippen molar-refractivity contribution in [2.75, 3.05) is 0 Å². The Morgan fingerprint density at radius 3 is 2.78 bits per heavy atom. The monoisotopic (exact) mass is 254 g/mol. The molecule has 5 nitrogen and oxygen atoms in total. The van der Waals surface area contributed by atoms with E-state index >= 15 is 0 Å². The number of nitrogens with one attached hydrogen (secondary N) is 1. The van der Waals surface area contributed by atoms with Crippen molar-refractivity contribution in [1.29, 1.82) is 0 Å². The lowest BCUT2D eigenvalue weighted by molar-refractivity contribution is -0.402.